The molecule has 0 saturated heterocycles. The Hall–Kier alpha value is -3.46. The number of hydrogen-bond acceptors (Lipinski definition) is 5. The zero-order valence-corrected chi connectivity index (χ0v) is 30.2. The van der Waals surface area contributed by atoms with Crippen molar-refractivity contribution in [3.63, 3.8) is 0 Å². The summed E-state index contributed by atoms with van der Waals surface area (Å²) in [7, 11) is -0.555. The van der Waals surface area contributed by atoms with E-state index >= 15 is 0 Å². The molecule has 0 aromatic heterocycles. The lowest BCUT2D eigenvalue weighted by molar-refractivity contribution is -0.144. The molecule has 3 aromatic rings. The molecule has 0 aliphatic carbocycles. The van der Waals surface area contributed by atoms with Crippen molar-refractivity contribution in [2.45, 2.75) is 83.7 Å². The molecule has 6 nitrogen and oxygen atoms in total. The summed E-state index contributed by atoms with van der Waals surface area (Å²) in [6.45, 7) is 15.7. The molecule has 1 heterocycles. The second-order valence-corrected chi connectivity index (χ2v) is 19.3. The fourth-order valence-electron chi connectivity index (χ4n) is 6.78. The second kappa shape index (κ2) is 14.8. The van der Waals surface area contributed by atoms with E-state index in [-0.39, 0.29) is 29.5 Å². The number of nitrogens with zero attached hydrogens (tertiary/aromatic N) is 1. The number of rotatable bonds is 14. The quantitative estimate of drug-likeness (QED) is 0.169. The molecule has 1 aliphatic heterocycles. The maximum Gasteiger partial charge on any atom is 0.313 e. The largest absolute Gasteiger partial charge is 0.497 e. The average Bonchev–Trinajstić information content (AvgIpc) is 3.31. The molecule has 3 atom stereocenters. The third-order valence-electron chi connectivity index (χ3n) is 10.3. The predicted molar refractivity (Wildman–Crippen MR) is 190 cm³/mol. The van der Waals surface area contributed by atoms with Gasteiger partial charge in [-0.3, -0.25) is 4.79 Å². The summed E-state index contributed by atoms with van der Waals surface area (Å²) in [6, 6.07) is 23.9. The van der Waals surface area contributed by atoms with Gasteiger partial charge in [-0.15, -0.1) is 0 Å². The second-order valence-electron chi connectivity index (χ2n) is 14.5. The van der Waals surface area contributed by atoms with Crippen molar-refractivity contribution in [3.8, 4) is 5.75 Å². The third-order valence-corrected chi connectivity index (χ3v) is 14.8. The highest BCUT2D eigenvalue weighted by Gasteiger charge is 2.58. The number of aliphatic hydroxyl groups excluding tert-OH is 1. The summed E-state index contributed by atoms with van der Waals surface area (Å²) in [5.74, 6) is -1.54. The van der Waals surface area contributed by atoms with Gasteiger partial charge in [0, 0.05) is 25.0 Å². The zero-order valence-electron chi connectivity index (χ0n) is 29.2. The van der Waals surface area contributed by atoms with Gasteiger partial charge in [-0.05, 0) is 102 Å². The van der Waals surface area contributed by atoms with Gasteiger partial charge in [0.25, 0.3) is 0 Å². The molecular formula is C39H52FNO5Si. The summed E-state index contributed by atoms with van der Waals surface area (Å²) in [4.78, 5) is 16.0. The monoisotopic (exact) mass is 661 g/mol. The van der Waals surface area contributed by atoms with E-state index in [2.05, 4.69) is 52.6 Å². The van der Waals surface area contributed by atoms with E-state index in [4.69, 9.17) is 9.16 Å². The lowest BCUT2D eigenvalue weighted by Crippen LogP contribution is -2.57. The molecule has 0 bridgehead atoms. The highest BCUT2D eigenvalue weighted by Crippen LogP contribution is 2.55. The van der Waals surface area contributed by atoms with Crippen LogP contribution in [-0.2, 0) is 15.6 Å². The summed E-state index contributed by atoms with van der Waals surface area (Å²) < 4.78 is 26.7. The molecule has 0 amide bonds. The molecule has 2 N–H and O–H groups in total. The van der Waals surface area contributed by atoms with Gasteiger partial charge in [0.05, 0.1) is 12.6 Å². The number of hydrogen-bond donors (Lipinski definition) is 2. The van der Waals surface area contributed by atoms with Gasteiger partial charge >= 0.3 is 5.97 Å². The minimum Gasteiger partial charge on any atom is -0.497 e. The molecule has 8 heteroatoms. The Balaban J connectivity index is 1.97. The van der Waals surface area contributed by atoms with Gasteiger partial charge < -0.3 is 24.3 Å². The molecule has 0 spiro atoms. The third kappa shape index (κ3) is 7.66. The van der Waals surface area contributed by atoms with Crippen LogP contribution >= 0.6 is 0 Å². The van der Waals surface area contributed by atoms with E-state index in [9.17, 15) is 19.4 Å². The smallest absolute Gasteiger partial charge is 0.313 e. The van der Waals surface area contributed by atoms with Crippen molar-refractivity contribution >= 4 is 25.6 Å². The molecule has 1 aliphatic rings. The van der Waals surface area contributed by atoms with Crippen LogP contribution < -0.4 is 4.74 Å². The van der Waals surface area contributed by atoms with Crippen LogP contribution in [0.15, 0.2) is 78.9 Å². The number of methoxy groups -OCH3 is 1. The zero-order chi connectivity index (χ0) is 34.6. The molecule has 2 unspecified atom stereocenters. The van der Waals surface area contributed by atoms with Gasteiger partial charge in [-0.2, -0.15) is 0 Å². The maximum atomic E-state index is 14.3. The van der Waals surface area contributed by atoms with E-state index < -0.39 is 25.7 Å². The van der Waals surface area contributed by atoms with E-state index in [1.54, 1.807) is 19.2 Å². The summed E-state index contributed by atoms with van der Waals surface area (Å²) in [5.41, 5.74) is 3.20. The van der Waals surface area contributed by atoms with E-state index in [0.717, 1.165) is 33.7 Å². The minimum atomic E-state index is -2.18. The van der Waals surface area contributed by atoms with Crippen LogP contribution in [-0.4, -0.2) is 61.3 Å². The van der Waals surface area contributed by atoms with Crippen molar-refractivity contribution in [2.75, 3.05) is 20.3 Å². The number of aliphatic hydroxyl groups is 1. The number of ether oxygens (including phenoxy) is 1. The Morgan fingerprint density at radius 3 is 2.09 bits per heavy atom. The van der Waals surface area contributed by atoms with Gasteiger partial charge in [0.1, 0.15) is 17.5 Å². The summed E-state index contributed by atoms with van der Waals surface area (Å²) >= 11 is 0. The number of carboxylic acids is 1. The van der Waals surface area contributed by atoms with Crippen molar-refractivity contribution < 1.29 is 28.6 Å². The van der Waals surface area contributed by atoms with Crippen LogP contribution in [0.1, 0.15) is 64.2 Å². The van der Waals surface area contributed by atoms with Gasteiger partial charge in [-0.25, -0.2) is 4.39 Å². The number of halogens is 1. The Kier molecular flexibility index (Phi) is 11.4. The normalized spacial score (nSPS) is 19.4. The lowest BCUT2D eigenvalue weighted by Gasteiger charge is -2.48. The van der Waals surface area contributed by atoms with Crippen LogP contribution in [0.2, 0.25) is 18.1 Å². The van der Waals surface area contributed by atoms with E-state index in [0.29, 0.717) is 25.8 Å². The predicted octanol–water partition coefficient (Wildman–Crippen LogP) is 8.52. The fourth-order valence-corrected chi connectivity index (χ4v) is 8.21. The van der Waals surface area contributed by atoms with E-state index in [1.165, 1.54) is 12.1 Å². The van der Waals surface area contributed by atoms with Crippen molar-refractivity contribution in [1.29, 1.82) is 0 Å². The number of carbonyl (C=O) groups is 1. The number of carboxylic acid groups (broad SMARTS) is 1. The first-order valence-electron chi connectivity index (χ1n) is 16.6. The lowest BCUT2D eigenvalue weighted by atomic mass is 9.69. The van der Waals surface area contributed by atoms with Crippen molar-refractivity contribution in [2.24, 2.45) is 11.8 Å². The van der Waals surface area contributed by atoms with Crippen molar-refractivity contribution in [1.82, 2.24) is 4.90 Å². The molecule has 0 radical (unpaired) electrons. The highest BCUT2D eigenvalue weighted by molar-refractivity contribution is 6.74. The standard InChI is InChI=1S/C39H52FNO5Si/c1-27(2)39(26-28-14-20-32(45-6)21-15-28)35(37(43)44)34(29-12-10-9-11-13-29)36(30-16-18-31(40)19-17-30)41(39)24-22-33(23-25-42)46-47(7,8)38(3,4)5/h9-21,27,33,35,42H,22-26H2,1-8H3,(H,43,44)/t33?,35?,39-/m1/s1. The molecule has 254 valence electrons. The van der Waals surface area contributed by atoms with Gasteiger partial charge in [0.15, 0.2) is 8.32 Å². The highest BCUT2D eigenvalue weighted by atomic mass is 28.4. The molecular weight excluding hydrogens is 610 g/mol. The SMILES string of the molecule is COc1ccc(C[C@@]2(C(C)C)C(C(=O)O)C(c3ccccc3)=C(c3ccc(F)cc3)N2CCC(CCO)O[Si](C)(C)C(C)(C)C)cc1. The van der Waals surface area contributed by atoms with Crippen LogP contribution in [0.5, 0.6) is 5.75 Å². The Morgan fingerprint density at radius 2 is 1.57 bits per heavy atom. The molecule has 4 rings (SSSR count). The fraction of sp³-hybridized carbons (Fsp3) is 0.462. The first kappa shape index (κ1) is 36.4. The Labute approximate surface area is 281 Å². The minimum absolute atomic E-state index is 0.00582. The summed E-state index contributed by atoms with van der Waals surface area (Å²) in [5, 5.41) is 21.3. The Bertz CT molecular complexity index is 1520. The van der Waals surface area contributed by atoms with Gasteiger partial charge in [0.2, 0.25) is 0 Å². The van der Waals surface area contributed by atoms with Gasteiger partial charge in [-0.1, -0.05) is 77.1 Å². The first-order valence-corrected chi connectivity index (χ1v) is 19.5. The molecule has 0 fully saturated rings. The average molecular weight is 662 g/mol. The topological polar surface area (TPSA) is 79.2 Å². The molecule has 0 saturated carbocycles. The van der Waals surface area contributed by atoms with Crippen molar-refractivity contribution in [3.05, 3.63) is 101 Å². The molecule has 47 heavy (non-hydrogen) atoms. The maximum absolute atomic E-state index is 14.3. The van der Waals surface area contributed by atoms with Crippen LogP contribution in [0.3, 0.4) is 0 Å². The van der Waals surface area contributed by atoms with E-state index in [1.807, 2.05) is 54.6 Å². The molecule has 3 aromatic carbocycles. The van der Waals surface area contributed by atoms with Crippen LogP contribution in [0, 0.1) is 17.7 Å². The Morgan fingerprint density at radius 1 is 0.957 bits per heavy atom. The number of aliphatic carboxylic acids is 1. The number of benzene rings is 3. The summed E-state index contributed by atoms with van der Waals surface area (Å²) in [6.07, 6.45) is 1.31. The van der Waals surface area contributed by atoms with Crippen LogP contribution in [0.4, 0.5) is 4.39 Å². The first-order chi connectivity index (χ1) is 22.2. The van der Waals surface area contributed by atoms with Crippen LogP contribution in [0.25, 0.3) is 11.3 Å².